The zero-order valence-corrected chi connectivity index (χ0v) is 9.75. The third kappa shape index (κ3) is 2.58. The van der Waals surface area contributed by atoms with E-state index in [1.807, 2.05) is 13.8 Å². The average molecular weight is 232 g/mol. The van der Waals surface area contributed by atoms with E-state index in [0.29, 0.717) is 11.4 Å². The van der Waals surface area contributed by atoms with E-state index in [1.165, 1.54) is 24.3 Å². The van der Waals surface area contributed by atoms with E-state index in [1.54, 1.807) is 0 Å². The zero-order chi connectivity index (χ0) is 12.4. The summed E-state index contributed by atoms with van der Waals surface area (Å²) < 4.78 is 12.7. The molecule has 0 saturated carbocycles. The lowest BCUT2D eigenvalue weighted by Gasteiger charge is -1.98. The molecule has 3 nitrogen and oxygen atoms in total. The van der Waals surface area contributed by atoms with Gasteiger partial charge in [0.25, 0.3) is 0 Å². The predicted octanol–water partition coefficient (Wildman–Crippen LogP) is 2.59. The summed E-state index contributed by atoms with van der Waals surface area (Å²) in [7, 11) is 0. The second-order valence-corrected chi connectivity index (χ2v) is 4.00. The van der Waals surface area contributed by atoms with Crippen LogP contribution in [0.5, 0.6) is 0 Å². The van der Waals surface area contributed by atoms with Gasteiger partial charge in [0, 0.05) is 11.3 Å². The van der Waals surface area contributed by atoms with Crippen molar-refractivity contribution >= 4 is 5.78 Å². The molecular weight excluding hydrogens is 219 g/mol. The van der Waals surface area contributed by atoms with Crippen LogP contribution in [0.4, 0.5) is 4.39 Å². The minimum absolute atomic E-state index is 0.0706. The maximum absolute atomic E-state index is 12.7. The molecule has 17 heavy (non-hydrogen) atoms. The molecule has 2 rings (SSSR count). The molecule has 0 spiro atoms. The number of halogens is 1. The minimum atomic E-state index is -0.341. The van der Waals surface area contributed by atoms with Crippen molar-refractivity contribution in [2.24, 2.45) is 0 Å². The number of carbonyl (C=O) groups excluding carboxylic acids is 1. The first-order valence-electron chi connectivity index (χ1n) is 5.37. The molecule has 0 aliphatic rings. The summed E-state index contributed by atoms with van der Waals surface area (Å²) in [4.78, 5) is 19.2. The van der Waals surface area contributed by atoms with Gasteiger partial charge >= 0.3 is 0 Å². The Kier molecular flexibility index (Phi) is 3.04. The molecule has 4 heteroatoms. The Labute approximate surface area is 98.7 Å². The van der Waals surface area contributed by atoms with Crippen LogP contribution in [0.3, 0.4) is 0 Å². The summed E-state index contributed by atoms with van der Waals surface area (Å²) in [6, 6.07) is 5.54. The van der Waals surface area contributed by atoms with Crippen molar-refractivity contribution in [3.05, 3.63) is 52.9 Å². The lowest BCUT2D eigenvalue weighted by Crippen LogP contribution is -2.05. The molecule has 1 aromatic carbocycles. The van der Waals surface area contributed by atoms with Crippen LogP contribution in [0.15, 0.2) is 24.3 Å². The van der Waals surface area contributed by atoms with Gasteiger partial charge in [0.15, 0.2) is 5.78 Å². The van der Waals surface area contributed by atoms with Crippen LogP contribution in [0, 0.1) is 19.7 Å². The zero-order valence-electron chi connectivity index (χ0n) is 9.75. The molecule has 1 aromatic heterocycles. The molecule has 0 radical (unpaired) electrons. The maximum Gasteiger partial charge on any atom is 0.170 e. The number of hydrogen-bond acceptors (Lipinski definition) is 2. The van der Waals surface area contributed by atoms with Gasteiger partial charge in [0.2, 0.25) is 0 Å². The van der Waals surface area contributed by atoms with Gasteiger partial charge in [-0.2, -0.15) is 0 Å². The average Bonchev–Trinajstić information content (AvgIpc) is 2.58. The molecule has 0 fully saturated rings. The largest absolute Gasteiger partial charge is 0.345 e. The Morgan fingerprint density at radius 3 is 2.47 bits per heavy atom. The third-order valence-electron chi connectivity index (χ3n) is 2.67. The first-order chi connectivity index (χ1) is 8.06. The number of carbonyl (C=O) groups is 1. The smallest absolute Gasteiger partial charge is 0.170 e. The van der Waals surface area contributed by atoms with E-state index >= 15 is 0 Å². The Morgan fingerprint density at radius 1 is 1.29 bits per heavy atom. The van der Waals surface area contributed by atoms with Gasteiger partial charge in [-0.15, -0.1) is 0 Å². The number of Topliss-reactive ketones (excluding diaryl/α,β-unsaturated/α-hetero) is 1. The van der Waals surface area contributed by atoms with E-state index in [2.05, 4.69) is 9.97 Å². The fourth-order valence-electron chi connectivity index (χ4n) is 1.59. The van der Waals surface area contributed by atoms with Crippen LogP contribution in [-0.4, -0.2) is 15.8 Å². The molecule has 0 saturated heterocycles. The quantitative estimate of drug-likeness (QED) is 0.827. The van der Waals surface area contributed by atoms with Crippen LogP contribution < -0.4 is 0 Å². The van der Waals surface area contributed by atoms with E-state index in [-0.39, 0.29) is 18.0 Å². The van der Waals surface area contributed by atoms with Crippen molar-refractivity contribution < 1.29 is 9.18 Å². The lowest BCUT2D eigenvalue weighted by molar-refractivity contribution is 0.0991. The van der Waals surface area contributed by atoms with Crippen molar-refractivity contribution in [3.8, 4) is 0 Å². The number of ketones is 1. The highest BCUT2D eigenvalue weighted by Crippen LogP contribution is 2.09. The maximum atomic E-state index is 12.7. The Bertz CT molecular complexity index is 524. The van der Waals surface area contributed by atoms with E-state index in [0.717, 1.165) is 11.4 Å². The molecule has 2 aromatic rings. The number of aryl methyl sites for hydroxylation is 2. The fourth-order valence-corrected chi connectivity index (χ4v) is 1.59. The summed E-state index contributed by atoms with van der Waals surface area (Å²) in [6.07, 6.45) is 0.209. The third-order valence-corrected chi connectivity index (χ3v) is 2.67. The van der Waals surface area contributed by atoms with Gasteiger partial charge in [-0.05, 0) is 38.1 Å². The number of imidazole rings is 1. The molecule has 0 atom stereocenters. The van der Waals surface area contributed by atoms with E-state index < -0.39 is 0 Å². The molecule has 1 N–H and O–H groups in total. The Morgan fingerprint density at radius 2 is 1.94 bits per heavy atom. The van der Waals surface area contributed by atoms with Crippen molar-refractivity contribution in [2.45, 2.75) is 20.3 Å². The summed E-state index contributed by atoms with van der Waals surface area (Å²) >= 11 is 0. The second-order valence-electron chi connectivity index (χ2n) is 4.00. The standard InChI is InChI=1S/C13H13FN2O/c1-8-9(2)16-13(15-8)7-12(17)10-3-5-11(14)6-4-10/h3-6H,7H2,1-2H3,(H,15,16). The lowest BCUT2D eigenvalue weighted by atomic mass is 10.1. The Balaban J connectivity index is 2.14. The van der Waals surface area contributed by atoms with Crippen molar-refractivity contribution in [1.29, 1.82) is 0 Å². The van der Waals surface area contributed by atoms with Gasteiger partial charge in [-0.1, -0.05) is 0 Å². The minimum Gasteiger partial charge on any atom is -0.345 e. The van der Waals surface area contributed by atoms with Crippen molar-refractivity contribution in [2.75, 3.05) is 0 Å². The molecular formula is C13H13FN2O. The van der Waals surface area contributed by atoms with E-state index in [9.17, 15) is 9.18 Å². The number of nitrogens with one attached hydrogen (secondary N) is 1. The molecule has 0 bridgehead atoms. The molecule has 0 aliphatic carbocycles. The summed E-state index contributed by atoms with van der Waals surface area (Å²) in [5, 5.41) is 0. The highest BCUT2D eigenvalue weighted by atomic mass is 19.1. The van der Waals surface area contributed by atoms with Crippen molar-refractivity contribution in [3.63, 3.8) is 0 Å². The number of hydrogen-bond donors (Lipinski definition) is 1. The normalized spacial score (nSPS) is 10.5. The van der Waals surface area contributed by atoms with Crippen LogP contribution in [0.2, 0.25) is 0 Å². The first kappa shape index (κ1) is 11.5. The molecule has 0 aliphatic heterocycles. The molecule has 88 valence electrons. The summed E-state index contributed by atoms with van der Waals surface area (Å²) in [5.74, 6) is 0.235. The fraction of sp³-hybridized carbons (Fsp3) is 0.231. The number of H-pyrrole nitrogens is 1. The van der Waals surface area contributed by atoms with Gasteiger partial charge in [0.05, 0.1) is 12.1 Å². The summed E-state index contributed by atoms with van der Waals surface area (Å²) in [5.41, 5.74) is 2.36. The van der Waals surface area contributed by atoms with Gasteiger partial charge in [-0.25, -0.2) is 9.37 Å². The number of rotatable bonds is 3. The first-order valence-corrected chi connectivity index (χ1v) is 5.37. The number of aromatic amines is 1. The monoisotopic (exact) mass is 232 g/mol. The van der Waals surface area contributed by atoms with Gasteiger partial charge < -0.3 is 4.98 Å². The number of benzene rings is 1. The summed E-state index contributed by atoms with van der Waals surface area (Å²) in [6.45, 7) is 3.80. The topological polar surface area (TPSA) is 45.8 Å². The van der Waals surface area contributed by atoms with Crippen LogP contribution in [0.25, 0.3) is 0 Å². The Hall–Kier alpha value is -1.97. The van der Waals surface area contributed by atoms with Crippen LogP contribution in [0.1, 0.15) is 27.6 Å². The van der Waals surface area contributed by atoms with Gasteiger partial charge in [0.1, 0.15) is 11.6 Å². The number of aromatic nitrogens is 2. The van der Waals surface area contributed by atoms with Crippen LogP contribution in [-0.2, 0) is 6.42 Å². The van der Waals surface area contributed by atoms with Gasteiger partial charge in [-0.3, -0.25) is 4.79 Å². The number of nitrogens with zero attached hydrogens (tertiary/aromatic N) is 1. The SMILES string of the molecule is Cc1nc(CC(=O)c2ccc(F)cc2)[nH]c1C. The predicted molar refractivity (Wildman–Crippen MR) is 62.5 cm³/mol. The van der Waals surface area contributed by atoms with Crippen LogP contribution >= 0.6 is 0 Å². The highest BCUT2D eigenvalue weighted by Gasteiger charge is 2.10. The molecule has 1 heterocycles. The molecule has 0 amide bonds. The highest BCUT2D eigenvalue weighted by molar-refractivity contribution is 5.97. The van der Waals surface area contributed by atoms with E-state index in [4.69, 9.17) is 0 Å². The van der Waals surface area contributed by atoms with Crippen molar-refractivity contribution in [1.82, 2.24) is 9.97 Å². The second kappa shape index (κ2) is 4.49. The molecule has 0 unspecified atom stereocenters.